The van der Waals surface area contributed by atoms with E-state index in [9.17, 15) is 14.7 Å². The molecule has 1 heterocycles. The Morgan fingerprint density at radius 3 is 2.54 bits per heavy atom. The molecular formula is C27H30N4O4. The van der Waals surface area contributed by atoms with Crippen molar-refractivity contribution in [2.45, 2.75) is 51.9 Å². The maximum absolute atomic E-state index is 13.1. The number of rotatable bonds is 7. The van der Waals surface area contributed by atoms with Crippen LogP contribution in [0, 0.1) is 13.8 Å². The van der Waals surface area contributed by atoms with Crippen molar-refractivity contribution in [3.63, 3.8) is 0 Å². The normalized spacial score (nSPS) is 17.3. The standard InChI is InChI=1S/C27H30N4O4/c1-15-6-7-17(10-16(15)2)14-35-24-5-3-4-23(24)31-26(32)21-11-19(13-30-25(21)29)18-8-9-20(27(33)34)22(28)12-18/h6-13,23-24H,3-5,14,28H2,1-2H3,(H2,29,30)(H,31,32)(H,33,34)/t23-,24-/m0/s1. The zero-order valence-electron chi connectivity index (χ0n) is 19.9. The number of carboxylic acids is 1. The van der Waals surface area contributed by atoms with Crippen molar-refractivity contribution in [2.75, 3.05) is 11.5 Å². The summed E-state index contributed by atoms with van der Waals surface area (Å²) in [6, 6.07) is 12.4. The van der Waals surface area contributed by atoms with Crippen LogP contribution in [0.15, 0.2) is 48.7 Å². The van der Waals surface area contributed by atoms with Gasteiger partial charge in [-0.3, -0.25) is 4.79 Å². The number of carboxylic acid groups (broad SMARTS) is 1. The summed E-state index contributed by atoms with van der Waals surface area (Å²) in [6.45, 7) is 4.65. The van der Waals surface area contributed by atoms with Crippen LogP contribution in [-0.4, -0.2) is 34.1 Å². The fraction of sp³-hybridized carbons (Fsp3) is 0.296. The van der Waals surface area contributed by atoms with Crippen LogP contribution < -0.4 is 16.8 Å². The van der Waals surface area contributed by atoms with Crippen LogP contribution in [0.2, 0.25) is 0 Å². The Kier molecular flexibility index (Phi) is 7.02. The predicted octanol–water partition coefficient (Wildman–Crippen LogP) is 4.10. The molecule has 35 heavy (non-hydrogen) atoms. The first-order chi connectivity index (χ1) is 16.7. The third-order valence-electron chi connectivity index (χ3n) is 6.58. The number of nitrogens with two attached hydrogens (primary N) is 2. The first-order valence-electron chi connectivity index (χ1n) is 11.6. The highest BCUT2D eigenvalue weighted by atomic mass is 16.5. The molecular weight excluding hydrogens is 444 g/mol. The molecule has 2 aromatic carbocycles. The van der Waals surface area contributed by atoms with Crippen LogP contribution in [0.4, 0.5) is 11.5 Å². The molecule has 0 radical (unpaired) electrons. The number of amides is 1. The van der Waals surface area contributed by atoms with E-state index in [0.717, 1.165) is 24.8 Å². The molecule has 1 fully saturated rings. The molecule has 0 saturated heterocycles. The molecule has 3 aromatic rings. The van der Waals surface area contributed by atoms with Gasteiger partial charge >= 0.3 is 5.97 Å². The summed E-state index contributed by atoms with van der Waals surface area (Å²) >= 11 is 0. The fourth-order valence-electron chi connectivity index (χ4n) is 4.39. The molecule has 0 spiro atoms. The van der Waals surface area contributed by atoms with Crippen LogP contribution in [0.3, 0.4) is 0 Å². The average molecular weight is 475 g/mol. The molecule has 6 N–H and O–H groups in total. The van der Waals surface area contributed by atoms with E-state index in [1.54, 1.807) is 18.2 Å². The van der Waals surface area contributed by atoms with Gasteiger partial charge in [-0.15, -0.1) is 0 Å². The lowest BCUT2D eigenvalue weighted by Crippen LogP contribution is -2.41. The summed E-state index contributed by atoms with van der Waals surface area (Å²) in [5.74, 6) is -1.30. The number of hydrogen-bond donors (Lipinski definition) is 4. The summed E-state index contributed by atoms with van der Waals surface area (Å²) in [4.78, 5) is 28.5. The number of aromatic nitrogens is 1. The van der Waals surface area contributed by atoms with Crippen molar-refractivity contribution in [1.29, 1.82) is 0 Å². The number of benzene rings is 2. The Labute approximate surface area is 204 Å². The quantitative estimate of drug-likeness (QED) is 0.378. The van der Waals surface area contributed by atoms with Crippen molar-refractivity contribution in [3.05, 3.63) is 76.5 Å². The van der Waals surface area contributed by atoms with E-state index in [-0.39, 0.29) is 40.7 Å². The monoisotopic (exact) mass is 474 g/mol. The van der Waals surface area contributed by atoms with E-state index in [4.69, 9.17) is 16.2 Å². The lowest BCUT2D eigenvalue weighted by Gasteiger charge is -2.22. The van der Waals surface area contributed by atoms with Crippen LogP contribution in [0.5, 0.6) is 0 Å². The number of carbonyl (C=O) groups excluding carboxylic acids is 1. The zero-order valence-corrected chi connectivity index (χ0v) is 19.9. The number of anilines is 2. The molecule has 8 heteroatoms. The van der Waals surface area contributed by atoms with Crippen molar-refractivity contribution in [1.82, 2.24) is 10.3 Å². The molecule has 1 aromatic heterocycles. The van der Waals surface area contributed by atoms with E-state index in [0.29, 0.717) is 17.7 Å². The highest BCUT2D eigenvalue weighted by Gasteiger charge is 2.30. The molecule has 1 saturated carbocycles. The van der Waals surface area contributed by atoms with Gasteiger partial charge in [-0.1, -0.05) is 24.3 Å². The Balaban J connectivity index is 1.46. The van der Waals surface area contributed by atoms with E-state index >= 15 is 0 Å². The number of aryl methyl sites for hydroxylation is 2. The Morgan fingerprint density at radius 1 is 1.03 bits per heavy atom. The summed E-state index contributed by atoms with van der Waals surface area (Å²) in [6.07, 6.45) is 4.11. The minimum absolute atomic E-state index is 0.0168. The lowest BCUT2D eigenvalue weighted by atomic mass is 10.0. The first kappa shape index (κ1) is 24.2. The van der Waals surface area contributed by atoms with Gasteiger partial charge in [0.15, 0.2) is 0 Å². The minimum Gasteiger partial charge on any atom is -0.478 e. The number of aromatic carboxylic acids is 1. The molecule has 0 unspecified atom stereocenters. The molecule has 8 nitrogen and oxygen atoms in total. The second-order valence-corrected chi connectivity index (χ2v) is 9.04. The highest BCUT2D eigenvalue weighted by Crippen LogP contribution is 2.27. The summed E-state index contributed by atoms with van der Waals surface area (Å²) in [7, 11) is 0. The van der Waals surface area contributed by atoms with Crippen LogP contribution in [-0.2, 0) is 11.3 Å². The van der Waals surface area contributed by atoms with E-state index in [1.807, 2.05) is 0 Å². The van der Waals surface area contributed by atoms with E-state index < -0.39 is 5.97 Å². The van der Waals surface area contributed by atoms with Gasteiger partial charge in [0.2, 0.25) is 0 Å². The van der Waals surface area contributed by atoms with E-state index in [1.165, 1.54) is 23.4 Å². The predicted molar refractivity (Wildman–Crippen MR) is 135 cm³/mol. The molecule has 2 atom stereocenters. The Morgan fingerprint density at radius 2 is 1.83 bits per heavy atom. The number of nitrogens with one attached hydrogen (secondary N) is 1. The fourth-order valence-corrected chi connectivity index (χ4v) is 4.39. The molecule has 1 aliphatic carbocycles. The topological polar surface area (TPSA) is 141 Å². The van der Waals surface area contributed by atoms with Gasteiger partial charge in [0.05, 0.1) is 29.9 Å². The molecule has 0 bridgehead atoms. The van der Waals surface area contributed by atoms with Gasteiger partial charge in [0.1, 0.15) is 5.82 Å². The van der Waals surface area contributed by atoms with Crippen molar-refractivity contribution < 1.29 is 19.4 Å². The maximum atomic E-state index is 13.1. The SMILES string of the molecule is Cc1ccc(CO[C@H]2CCC[C@@H]2NC(=O)c2cc(-c3ccc(C(=O)O)c(N)c3)cnc2N)cc1C. The molecule has 1 amide bonds. The molecule has 1 aliphatic rings. The maximum Gasteiger partial charge on any atom is 0.337 e. The number of hydrogen-bond acceptors (Lipinski definition) is 6. The lowest BCUT2D eigenvalue weighted by molar-refractivity contribution is 0.0272. The van der Waals surface area contributed by atoms with Gasteiger partial charge in [-0.25, -0.2) is 9.78 Å². The second kappa shape index (κ2) is 10.1. The van der Waals surface area contributed by atoms with Crippen LogP contribution in [0.25, 0.3) is 11.1 Å². The van der Waals surface area contributed by atoms with Crippen molar-refractivity contribution in [3.8, 4) is 11.1 Å². The average Bonchev–Trinajstić information content (AvgIpc) is 3.26. The van der Waals surface area contributed by atoms with Gasteiger partial charge < -0.3 is 26.6 Å². The van der Waals surface area contributed by atoms with Crippen molar-refractivity contribution in [2.24, 2.45) is 0 Å². The summed E-state index contributed by atoms with van der Waals surface area (Å²) < 4.78 is 6.18. The van der Waals surface area contributed by atoms with Gasteiger partial charge in [0, 0.05) is 17.4 Å². The number of carbonyl (C=O) groups is 2. The molecule has 4 rings (SSSR count). The third-order valence-corrected chi connectivity index (χ3v) is 6.58. The third kappa shape index (κ3) is 5.44. The van der Waals surface area contributed by atoms with E-state index in [2.05, 4.69) is 42.3 Å². The number of nitrogens with zero attached hydrogens (tertiary/aromatic N) is 1. The van der Waals surface area contributed by atoms with Gasteiger partial charge in [-0.2, -0.15) is 0 Å². The van der Waals surface area contributed by atoms with Crippen LogP contribution >= 0.6 is 0 Å². The largest absolute Gasteiger partial charge is 0.478 e. The Bertz CT molecular complexity index is 1270. The number of nitrogen functional groups attached to an aromatic ring is 2. The number of ether oxygens (including phenoxy) is 1. The first-order valence-corrected chi connectivity index (χ1v) is 11.6. The number of pyridine rings is 1. The van der Waals surface area contributed by atoms with Crippen LogP contribution in [0.1, 0.15) is 56.7 Å². The van der Waals surface area contributed by atoms with Gasteiger partial charge in [0.25, 0.3) is 5.91 Å². The minimum atomic E-state index is -1.10. The zero-order chi connectivity index (χ0) is 25.1. The van der Waals surface area contributed by atoms with Gasteiger partial charge in [-0.05, 0) is 73.6 Å². The highest BCUT2D eigenvalue weighted by molar-refractivity contribution is 6.00. The Hall–Kier alpha value is -3.91. The molecule has 182 valence electrons. The summed E-state index contributed by atoms with van der Waals surface area (Å²) in [5.41, 5.74) is 17.1. The smallest absolute Gasteiger partial charge is 0.337 e. The summed E-state index contributed by atoms with van der Waals surface area (Å²) in [5, 5.41) is 12.3. The second-order valence-electron chi connectivity index (χ2n) is 9.04. The molecule has 0 aliphatic heterocycles. The van der Waals surface area contributed by atoms with Crippen molar-refractivity contribution >= 4 is 23.4 Å².